The summed E-state index contributed by atoms with van der Waals surface area (Å²) in [5, 5.41) is 11.3. The van der Waals surface area contributed by atoms with E-state index in [1.165, 1.54) is 0 Å². The van der Waals surface area contributed by atoms with Gasteiger partial charge in [0.25, 0.3) is 0 Å². The second kappa shape index (κ2) is 4.93. The molecule has 0 aromatic heterocycles. The molecular weight excluding hydrogens is 228 g/mol. The molecule has 1 atom stereocenters. The largest absolute Gasteiger partial charge is 0.396 e. The highest BCUT2D eigenvalue weighted by Crippen LogP contribution is 2.27. The number of aliphatic hydroxyl groups excluding tert-OH is 1. The molecule has 0 bridgehead atoms. The summed E-state index contributed by atoms with van der Waals surface area (Å²) < 4.78 is 26.1. The molecule has 0 aliphatic heterocycles. The van der Waals surface area contributed by atoms with Gasteiger partial charge in [0.15, 0.2) is 0 Å². The average molecular weight is 234 g/mol. The van der Waals surface area contributed by atoms with Gasteiger partial charge in [0.05, 0.1) is 12.6 Å². The van der Waals surface area contributed by atoms with E-state index >= 15 is 0 Å². The first-order valence-electron chi connectivity index (χ1n) is 3.90. The number of aliphatic hydroxyl groups is 1. The topological polar surface area (TPSA) is 69.0 Å². The lowest BCUT2D eigenvalue weighted by Crippen LogP contribution is -2.04. The molecule has 0 heterocycles. The molecule has 0 aliphatic rings. The minimum absolute atomic E-state index is 0.137. The Hall–Kier alpha value is -1.36. The Balaban J connectivity index is 3.25. The molecule has 0 radical (unpaired) electrons. The lowest BCUT2D eigenvalue weighted by molar-refractivity contribution is 0.265. The Morgan fingerprint density at radius 1 is 1.53 bits per heavy atom. The molecule has 0 fully saturated rings. The fraction of sp³-hybridized carbons (Fsp3) is 0.250. The SMILES string of the molecule is [N-]=[N+]=NC(CO)c1ccc(F)c(Cl)c1F. The summed E-state index contributed by atoms with van der Waals surface area (Å²) in [4.78, 5) is 2.44. The van der Waals surface area contributed by atoms with Crippen LogP contribution in [0.15, 0.2) is 17.2 Å². The van der Waals surface area contributed by atoms with E-state index in [2.05, 4.69) is 10.0 Å². The summed E-state index contributed by atoms with van der Waals surface area (Å²) in [6, 6.07) is 0.913. The number of azide groups is 1. The van der Waals surface area contributed by atoms with Crippen LogP contribution in [-0.4, -0.2) is 11.7 Å². The second-order valence-electron chi connectivity index (χ2n) is 2.67. The van der Waals surface area contributed by atoms with Crippen LogP contribution in [0.5, 0.6) is 0 Å². The van der Waals surface area contributed by atoms with Gasteiger partial charge in [-0.05, 0) is 11.6 Å². The third-order valence-electron chi connectivity index (χ3n) is 1.79. The van der Waals surface area contributed by atoms with Crippen LogP contribution >= 0.6 is 11.6 Å². The van der Waals surface area contributed by atoms with Crippen molar-refractivity contribution < 1.29 is 13.9 Å². The molecule has 1 N–H and O–H groups in total. The van der Waals surface area contributed by atoms with Gasteiger partial charge >= 0.3 is 0 Å². The first kappa shape index (κ1) is 11.7. The molecule has 0 aliphatic carbocycles. The minimum atomic E-state index is -1.10. The van der Waals surface area contributed by atoms with E-state index in [0.717, 1.165) is 12.1 Å². The molecule has 15 heavy (non-hydrogen) atoms. The third kappa shape index (κ3) is 2.36. The molecular formula is C8H6ClF2N3O. The molecule has 4 nitrogen and oxygen atoms in total. The maximum atomic E-state index is 13.4. The van der Waals surface area contributed by atoms with Gasteiger partial charge < -0.3 is 5.11 Å². The maximum absolute atomic E-state index is 13.4. The van der Waals surface area contributed by atoms with Crippen molar-refractivity contribution in [2.75, 3.05) is 6.61 Å². The Morgan fingerprint density at radius 2 is 2.20 bits per heavy atom. The van der Waals surface area contributed by atoms with Crippen molar-refractivity contribution in [1.82, 2.24) is 0 Å². The van der Waals surface area contributed by atoms with Crippen LogP contribution < -0.4 is 0 Å². The summed E-state index contributed by atoms with van der Waals surface area (Å²) in [6.07, 6.45) is 0. The van der Waals surface area contributed by atoms with Crippen molar-refractivity contribution in [2.24, 2.45) is 5.11 Å². The van der Waals surface area contributed by atoms with E-state index in [1.54, 1.807) is 0 Å². The van der Waals surface area contributed by atoms with Crippen LogP contribution in [0.3, 0.4) is 0 Å². The molecule has 0 saturated heterocycles. The molecule has 1 aromatic rings. The predicted octanol–water partition coefficient (Wildman–Crippen LogP) is 2.96. The van der Waals surface area contributed by atoms with Gasteiger partial charge in [0.2, 0.25) is 0 Å². The van der Waals surface area contributed by atoms with Crippen molar-refractivity contribution in [3.05, 3.63) is 44.8 Å². The monoisotopic (exact) mass is 233 g/mol. The van der Waals surface area contributed by atoms with Gasteiger partial charge in [-0.2, -0.15) is 0 Å². The van der Waals surface area contributed by atoms with Gasteiger partial charge in [-0.3, -0.25) is 0 Å². The average Bonchev–Trinajstić information content (AvgIpc) is 2.24. The van der Waals surface area contributed by atoms with Crippen LogP contribution in [0.1, 0.15) is 11.6 Å². The molecule has 1 rings (SSSR count). The zero-order valence-electron chi connectivity index (χ0n) is 7.36. The Labute approximate surface area is 88.7 Å². The molecule has 80 valence electrons. The van der Waals surface area contributed by atoms with Crippen molar-refractivity contribution in [3.8, 4) is 0 Å². The van der Waals surface area contributed by atoms with Gasteiger partial charge in [-0.15, -0.1) is 0 Å². The first-order valence-corrected chi connectivity index (χ1v) is 4.28. The number of benzene rings is 1. The Kier molecular flexibility index (Phi) is 3.85. The zero-order valence-corrected chi connectivity index (χ0v) is 8.12. The smallest absolute Gasteiger partial charge is 0.148 e. The molecule has 0 saturated carbocycles. The van der Waals surface area contributed by atoms with E-state index in [9.17, 15) is 8.78 Å². The summed E-state index contributed by atoms with van der Waals surface area (Å²) in [7, 11) is 0. The molecule has 0 amide bonds. The van der Waals surface area contributed by atoms with Crippen molar-refractivity contribution >= 4 is 11.6 Å². The van der Waals surface area contributed by atoms with Crippen LogP contribution in [0.2, 0.25) is 5.02 Å². The number of hydrogen-bond donors (Lipinski definition) is 1. The Morgan fingerprint density at radius 3 is 2.73 bits per heavy atom. The molecule has 1 unspecified atom stereocenters. The number of nitrogens with zero attached hydrogens (tertiary/aromatic N) is 3. The van der Waals surface area contributed by atoms with Crippen LogP contribution in [-0.2, 0) is 0 Å². The maximum Gasteiger partial charge on any atom is 0.148 e. The van der Waals surface area contributed by atoms with Crippen molar-refractivity contribution in [2.45, 2.75) is 6.04 Å². The Bertz CT molecular complexity index is 421. The van der Waals surface area contributed by atoms with Gasteiger partial charge in [0.1, 0.15) is 16.7 Å². The van der Waals surface area contributed by atoms with E-state index in [1.807, 2.05) is 0 Å². The van der Waals surface area contributed by atoms with Gasteiger partial charge in [0, 0.05) is 10.5 Å². The molecule has 0 spiro atoms. The lowest BCUT2D eigenvalue weighted by Gasteiger charge is -2.10. The fourth-order valence-corrected chi connectivity index (χ4v) is 1.23. The summed E-state index contributed by atoms with van der Waals surface area (Å²) in [5.41, 5.74) is 8.02. The number of hydrogen-bond acceptors (Lipinski definition) is 2. The van der Waals surface area contributed by atoms with E-state index in [4.69, 9.17) is 22.2 Å². The molecule has 1 aromatic carbocycles. The summed E-state index contributed by atoms with van der Waals surface area (Å²) in [6.45, 7) is -0.580. The van der Waals surface area contributed by atoms with Crippen LogP contribution in [0.4, 0.5) is 8.78 Å². The highest BCUT2D eigenvalue weighted by Gasteiger charge is 2.18. The van der Waals surface area contributed by atoms with Gasteiger partial charge in [-0.1, -0.05) is 22.8 Å². The lowest BCUT2D eigenvalue weighted by atomic mass is 10.1. The number of halogens is 3. The van der Waals surface area contributed by atoms with E-state index < -0.39 is 29.3 Å². The van der Waals surface area contributed by atoms with Crippen LogP contribution in [0, 0.1) is 11.6 Å². The third-order valence-corrected chi connectivity index (χ3v) is 2.13. The second-order valence-corrected chi connectivity index (χ2v) is 3.05. The quantitative estimate of drug-likeness (QED) is 0.371. The highest BCUT2D eigenvalue weighted by atomic mass is 35.5. The summed E-state index contributed by atoms with van der Waals surface area (Å²) >= 11 is 5.32. The standard InChI is InChI=1S/C8H6ClF2N3O/c9-7-5(10)2-1-4(8(7)11)6(3-15)13-14-12/h1-2,6,15H,3H2. The fourth-order valence-electron chi connectivity index (χ4n) is 1.06. The van der Waals surface area contributed by atoms with E-state index in [0.29, 0.717) is 0 Å². The molecule has 7 heteroatoms. The number of rotatable bonds is 3. The normalized spacial score (nSPS) is 12.0. The summed E-state index contributed by atoms with van der Waals surface area (Å²) in [5.74, 6) is -1.93. The van der Waals surface area contributed by atoms with Gasteiger partial charge in [-0.25, -0.2) is 8.78 Å². The predicted molar refractivity (Wildman–Crippen MR) is 50.3 cm³/mol. The van der Waals surface area contributed by atoms with Crippen molar-refractivity contribution in [3.63, 3.8) is 0 Å². The zero-order chi connectivity index (χ0) is 11.4. The minimum Gasteiger partial charge on any atom is -0.396 e. The van der Waals surface area contributed by atoms with E-state index in [-0.39, 0.29) is 5.56 Å². The van der Waals surface area contributed by atoms with Crippen molar-refractivity contribution in [1.29, 1.82) is 0 Å². The van der Waals surface area contributed by atoms with Crippen LogP contribution in [0.25, 0.3) is 10.4 Å². The first-order chi connectivity index (χ1) is 7.11. The highest BCUT2D eigenvalue weighted by molar-refractivity contribution is 6.30.